The van der Waals surface area contributed by atoms with Crippen molar-refractivity contribution in [1.82, 2.24) is 3.97 Å². The predicted octanol–water partition coefficient (Wildman–Crippen LogP) is 6.27. The molecule has 0 N–H and O–H groups in total. The van der Waals surface area contributed by atoms with Crippen LogP contribution in [0.3, 0.4) is 0 Å². The number of aromatic nitrogens is 1. The number of esters is 1. The molecule has 0 saturated carbocycles. The van der Waals surface area contributed by atoms with E-state index in [4.69, 9.17) is 20.9 Å². The number of ether oxygens (including phenoxy) is 1. The summed E-state index contributed by atoms with van der Waals surface area (Å²) in [5.74, 6) is -0.939. The second-order valence-corrected chi connectivity index (χ2v) is 14.5. The van der Waals surface area contributed by atoms with Gasteiger partial charge in [-0.25, -0.2) is 17.2 Å². The number of nitrogens with zero attached hydrogens (tertiary/aromatic N) is 1. The molecular weight excluding hydrogens is 557 g/mol. The van der Waals surface area contributed by atoms with Gasteiger partial charge in [-0.2, -0.15) is 0 Å². The number of hydrogen-bond donors (Lipinski definition) is 0. The zero-order valence-corrected chi connectivity index (χ0v) is 24.9. The number of hydrogen-bond acceptors (Lipinski definition) is 6. The van der Waals surface area contributed by atoms with Crippen molar-refractivity contribution in [3.63, 3.8) is 0 Å². The molecule has 1 atom stereocenters. The summed E-state index contributed by atoms with van der Waals surface area (Å²) in [4.78, 5) is 13.6. The number of fused-ring (bicyclic) bond motifs is 1. The molecule has 0 spiro atoms. The van der Waals surface area contributed by atoms with E-state index in [1.54, 1.807) is 50.2 Å². The molecule has 3 aromatic carbocycles. The highest BCUT2D eigenvalue weighted by Crippen LogP contribution is 2.49. The van der Waals surface area contributed by atoms with E-state index in [2.05, 4.69) is 0 Å². The topological polar surface area (TPSA) is 91.7 Å². The Morgan fingerprint density at radius 1 is 0.949 bits per heavy atom. The van der Waals surface area contributed by atoms with Gasteiger partial charge < -0.3 is 9.26 Å². The first kappa shape index (κ1) is 29.1. The van der Waals surface area contributed by atoms with Crippen molar-refractivity contribution in [2.45, 2.75) is 44.9 Å². The van der Waals surface area contributed by atoms with Gasteiger partial charge >= 0.3 is 5.97 Å². The Bertz CT molecular complexity index is 1690. The number of carbonyl (C=O) groups is 1. The fourth-order valence-corrected chi connectivity index (χ4v) is 8.68. The van der Waals surface area contributed by atoms with Crippen molar-refractivity contribution in [3.05, 3.63) is 89.1 Å². The van der Waals surface area contributed by atoms with Crippen LogP contribution in [0.15, 0.2) is 77.7 Å². The lowest BCUT2D eigenvalue weighted by atomic mass is 9.87. The van der Waals surface area contributed by atoms with E-state index in [1.165, 1.54) is 30.3 Å². The first-order valence-electron chi connectivity index (χ1n) is 12.5. The summed E-state index contributed by atoms with van der Waals surface area (Å²) in [6, 6.07) is 19.4. The van der Waals surface area contributed by atoms with Crippen LogP contribution in [0.25, 0.3) is 10.9 Å². The third-order valence-corrected chi connectivity index (χ3v) is 10.9. The zero-order valence-electron chi connectivity index (χ0n) is 22.5. The van der Waals surface area contributed by atoms with E-state index in [1.807, 2.05) is 26.8 Å². The number of benzene rings is 3. The maximum Gasteiger partial charge on any atom is 0.356 e. The van der Waals surface area contributed by atoms with Crippen LogP contribution in [0, 0.1) is 0 Å². The van der Waals surface area contributed by atoms with Gasteiger partial charge in [0.2, 0.25) is 0 Å². The molecule has 4 rings (SSSR count). The highest BCUT2D eigenvalue weighted by Gasteiger charge is 2.42. The van der Waals surface area contributed by atoms with E-state index >= 15 is 4.57 Å². The van der Waals surface area contributed by atoms with Gasteiger partial charge in [0.15, 0.2) is 5.69 Å². The maximum absolute atomic E-state index is 15.1. The Morgan fingerprint density at radius 2 is 1.64 bits per heavy atom. The Labute approximate surface area is 234 Å². The van der Waals surface area contributed by atoms with Crippen molar-refractivity contribution in [2.24, 2.45) is 0 Å². The van der Waals surface area contributed by atoms with Crippen LogP contribution in [0.4, 0.5) is 0 Å². The molecule has 10 heteroatoms. The molecule has 0 radical (unpaired) electrons. The Hall–Kier alpha value is -2.90. The molecule has 0 saturated heterocycles. The summed E-state index contributed by atoms with van der Waals surface area (Å²) < 4.78 is 55.6. The highest BCUT2D eigenvalue weighted by atomic mass is 35.5. The van der Waals surface area contributed by atoms with Crippen LogP contribution in [0.1, 0.15) is 50.7 Å². The predicted molar refractivity (Wildman–Crippen MR) is 156 cm³/mol. The van der Waals surface area contributed by atoms with E-state index < -0.39 is 23.4 Å². The molecule has 4 aromatic rings. The van der Waals surface area contributed by atoms with E-state index in [0.717, 1.165) is 9.54 Å². The molecule has 0 aliphatic heterocycles. The molecule has 0 fully saturated rings. The minimum atomic E-state index is -4.34. The first-order chi connectivity index (χ1) is 18.4. The van der Waals surface area contributed by atoms with Crippen LogP contribution >= 0.6 is 19.0 Å². The molecule has 39 heavy (non-hydrogen) atoms. The summed E-state index contributed by atoms with van der Waals surface area (Å²) >= 11 is 6.38. The molecule has 1 aromatic heterocycles. The lowest BCUT2D eigenvalue weighted by Crippen LogP contribution is -2.29. The van der Waals surface area contributed by atoms with Gasteiger partial charge in [-0.3, -0.25) is 4.57 Å². The quantitative estimate of drug-likeness (QED) is 0.178. The third-order valence-electron chi connectivity index (χ3n) is 6.27. The number of carbonyl (C=O) groups excluding carboxylic acids is 1. The fraction of sp³-hybridized carbons (Fsp3) is 0.276. The normalized spacial score (nSPS) is 13.8. The highest BCUT2D eigenvalue weighted by molar-refractivity contribution is 7.90. The standard InChI is InChI=1S/C29H31ClNO6PS/c1-6-36-28(32)26-27(38(33,37-7-2)22-13-11-12-20(18-22)29(3,4)5)24-19-21(30)16-17-25(24)31(26)39(34,35)23-14-9-8-10-15-23/h8-19H,6-7H2,1-5H3. The molecule has 206 valence electrons. The number of rotatable bonds is 8. The van der Waals surface area contributed by atoms with Crippen LogP contribution in [0.5, 0.6) is 0 Å². The van der Waals surface area contributed by atoms with Gasteiger partial charge in [0, 0.05) is 15.7 Å². The van der Waals surface area contributed by atoms with Crippen molar-refractivity contribution in [2.75, 3.05) is 13.2 Å². The van der Waals surface area contributed by atoms with E-state index in [-0.39, 0.29) is 50.4 Å². The number of halogens is 1. The smallest absolute Gasteiger partial charge is 0.356 e. The van der Waals surface area contributed by atoms with Crippen molar-refractivity contribution < 1.29 is 27.0 Å². The fourth-order valence-electron chi connectivity index (χ4n) is 4.45. The Morgan fingerprint density at radius 3 is 2.26 bits per heavy atom. The van der Waals surface area contributed by atoms with Crippen molar-refractivity contribution >= 4 is 56.5 Å². The van der Waals surface area contributed by atoms with Gasteiger partial charge in [0.1, 0.15) is 0 Å². The lowest BCUT2D eigenvalue weighted by Gasteiger charge is -2.24. The van der Waals surface area contributed by atoms with Gasteiger partial charge in [0.25, 0.3) is 17.4 Å². The molecular formula is C29H31ClNO6PS. The minimum absolute atomic E-state index is 0.0234. The summed E-state index contributed by atoms with van der Waals surface area (Å²) in [6.45, 7) is 9.40. The average molecular weight is 588 g/mol. The molecule has 0 amide bonds. The van der Waals surface area contributed by atoms with Crippen LogP contribution in [0.2, 0.25) is 5.02 Å². The van der Waals surface area contributed by atoms with Crippen molar-refractivity contribution in [3.8, 4) is 0 Å². The summed E-state index contributed by atoms with van der Waals surface area (Å²) in [5, 5.41) is 0.771. The first-order valence-corrected chi connectivity index (χ1v) is 16.0. The molecule has 1 heterocycles. The SMILES string of the molecule is CCOC(=O)c1c(P(=O)(OCC)c2cccc(C(C)(C)C)c2)c2cc(Cl)ccc2n1S(=O)(=O)c1ccccc1. The summed E-state index contributed by atoms with van der Waals surface area (Å²) in [7, 11) is -8.43. The lowest BCUT2D eigenvalue weighted by molar-refractivity contribution is 0.0520. The molecule has 1 unspecified atom stereocenters. The van der Waals surface area contributed by atoms with Gasteiger partial charge in [-0.05, 0) is 67.3 Å². The largest absolute Gasteiger partial charge is 0.461 e. The van der Waals surface area contributed by atoms with Gasteiger partial charge in [-0.1, -0.05) is 62.7 Å². The third kappa shape index (κ3) is 5.31. The maximum atomic E-state index is 15.1. The molecule has 7 nitrogen and oxygen atoms in total. The van der Waals surface area contributed by atoms with Gasteiger partial charge in [0.05, 0.1) is 28.9 Å². The molecule has 0 bridgehead atoms. The average Bonchev–Trinajstić information content (AvgIpc) is 3.25. The summed E-state index contributed by atoms with van der Waals surface area (Å²) in [5.41, 5.74) is 0.380. The van der Waals surface area contributed by atoms with Gasteiger partial charge in [-0.15, -0.1) is 0 Å². The minimum Gasteiger partial charge on any atom is -0.461 e. The Balaban J connectivity index is 2.21. The molecule has 0 aliphatic carbocycles. The molecule has 0 aliphatic rings. The second kappa shape index (κ2) is 10.9. The van der Waals surface area contributed by atoms with Crippen LogP contribution in [-0.4, -0.2) is 31.6 Å². The van der Waals surface area contributed by atoms with E-state index in [0.29, 0.717) is 5.30 Å². The monoisotopic (exact) mass is 587 g/mol. The Kier molecular flexibility index (Phi) is 8.16. The van der Waals surface area contributed by atoms with Crippen LogP contribution < -0.4 is 10.6 Å². The second-order valence-electron chi connectivity index (χ2n) is 9.93. The van der Waals surface area contributed by atoms with Crippen molar-refractivity contribution in [1.29, 1.82) is 0 Å². The van der Waals surface area contributed by atoms with Crippen LogP contribution in [-0.2, 0) is 29.3 Å². The van der Waals surface area contributed by atoms with E-state index in [9.17, 15) is 13.2 Å². The summed E-state index contributed by atoms with van der Waals surface area (Å²) in [6.07, 6.45) is 0. The zero-order chi connectivity index (χ0) is 28.6.